The van der Waals surface area contributed by atoms with Crippen molar-refractivity contribution in [1.82, 2.24) is 8.87 Å². The van der Waals surface area contributed by atoms with E-state index in [4.69, 9.17) is 16.0 Å². The zero-order valence-corrected chi connectivity index (χ0v) is 20.2. The van der Waals surface area contributed by atoms with Crippen molar-refractivity contribution < 1.29 is 17.6 Å². The molecule has 0 aliphatic carbocycles. The van der Waals surface area contributed by atoms with Crippen molar-refractivity contribution in [1.29, 1.82) is 0 Å². The molecule has 8 nitrogen and oxygen atoms in total. The van der Waals surface area contributed by atoms with E-state index in [-0.39, 0.29) is 28.9 Å². The molecule has 1 amide bonds. The summed E-state index contributed by atoms with van der Waals surface area (Å²) in [6, 6.07) is 9.51. The van der Waals surface area contributed by atoms with E-state index in [0.717, 1.165) is 16.6 Å². The number of halogens is 1. The van der Waals surface area contributed by atoms with Crippen molar-refractivity contribution in [2.45, 2.75) is 38.6 Å². The Balaban J connectivity index is 1.59. The molecule has 1 aliphatic rings. The molecule has 3 aromatic rings. The smallest absolute Gasteiger partial charge is 0.408 e. The minimum Gasteiger partial charge on any atom is -0.408 e. The Morgan fingerprint density at radius 1 is 1.15 bits per heavy atom. The molecule has 1 saturated heterocycles. The molecule has 2 atom stereocenters. The number of benzene rings is 2. The number of nitrogens with zero attached hydrogens (tertiary/aromatic N) is 2. The number of amides is 1. The Labute approximate surface area is 197 Å². The number of aromatic nitrogens is 1. The van der Waals surface area contributed by atoms with Crippen molar-refractivity contribution in [2.24, 2.45) is 11.8 Å². The van der Waals surface area contributed by atoms with Gasteiger partial charge in [0.25, 0.3) is 0 Å². The number of carbonyl (C=O) groups is 1. The summed E-state index contributed by atoms with van der Waals surface area (Å²) in [5.74, 6) is -0.665. The van der Waals surface area contributed by atoms with E-state index in [2.05, 4.69) is 5.32 Å². The molecule has 0 saturated carbocycles. The van der Waals surface area contributed by atoms with Crippen LogP contribution < -0.4 is 11.1 Å². The Hall–Kier alpha value is -2.62. The number of aryl methyl sites for hydroxylation is 1. The summed E-state index contributed by atoms with van der Waals surface area (Å²) in [5.41, 5.74) is 1.84. The number of hydrogen-bond acceptors (Lipinski definition) is 5. The Bertz CT molecular complexity index is 1370. The van der Waals surface area contributed by atoms with Gasteiger partial charge < -0.3 is 9.73 Å². The lowest BCUT2D eigenvalue weighted by Crippen LogP contribution is -2.42. The van der Waals surface area contributed by atoms with E-state index in [9.17, 15) is 18.0 Å². The van der Waals surface area contributed by atoms with Crippen molar-refractivity contribution in [3.63, 3.8) is 0 Å². The quantitative estimate of drug-likeness (QED) is 0.584. The summed E-state index contributed by atoms with van der Waals surface area (Å²) in [5, 5.41) is 3.07. The first-order valence-corrected chi connectivity index (χ1v) is 12.6. The topological polar surface area (TPSA) is 102 Å². The molecule has 0 radical (unpaired) electrons. The average Bonchev–Trinajstić information content (AvgIpc) is 3.03. The third-order valence-electron chi connectivity index (χ3n) is 5.81. The van der Waals surface area contributed by atoms with Gasteiger partial charge in [-0.15, -0.1) is 0 Å². The summed E-state index contributed by atoms with van der Waals surface area (Å²) in [7, 11) is -3.73. The maximum absolute atomic E-state index is 13.2. The first kappa shape index (κ1) is 23.5. The van der Waals surface area contributed by atoms with Crippen LogP contribution in [0.5, 0.6) is 0 Å². The van der Waals surface area contributed by atoms with E-state index >= 15 is 0 Å². The summed E-state index contributed by atoms with van der Waals surface area (Å²) >= 11 is 6.16. The number of rotatable bonds is 5. The lowest BCUT2D eigenvalue weighted by molar-refractivity contribution is -0.116. The molecular formula is C23H26ClN3O5S. The zero-order valence-electron chi connectivity index (χ0n) is 18.7. The van der Waals surface area contributed by atoms with E-state index < -0.39 is 21.7 Å². The van der Waals surface area contributed by atoms with Crippen molar-refractivity contribution in [3.8, 4) is 0 Å². The van der Waals surface area contributed by atoms with E-state index in [0.29, 0.717) is 29.3 Å². The molecule has 1 aromatic heterocycles. The number of anilines is 1. The second-order valence-electron chi connectivity index (χ2n) is 8.88. The van der Waals surface area contributed by atoms with Gasteiger partial charge in [0.15, 0.2) is 5.58 Å². The molecule has 2 aromatic carbocycles. The molecule has 176 valence electrons. The van der Waals surface area contributed by atoms with Gasteiger partial charge in [-0.3, -0.25) is 9.36 Å². The van der Waals surface area contributed by atoms with Crippen LogP contribution in [0, 0.1) is 18.8 Å². The van der Waals surface area contributed by atoms with Crippen LogP contribution in [-0.4, -0.2) is 36.3 Å². The SMILES string of the molecule is Cc1ccc(NC(=O)Cn2c(=O)oc3cc(S(=O)(=O)N4C[C@@H](C)C[C@H](C)C4)ccc32)c(Cl)c1. The monoisotopic (exact) mass is 491 g/mol. The highest BCUT2D eigenvalue weighted by atomic mass is 35.5. The van der Waals surface area contributed by atoms with Crippen LogP contribution >= 0.6 is 11.6 Å². The average molecular weight is 492 g/mol. The fraction of sp³-hybridized carbons (Fsp3) is 0.391. The van der Waals surface area contributed by atoms with Crippen LogP contribution in [0.2, 0.25) is 5.02 Å². The molecule has 10 heteroatoms. The van der Waals surface area contributed by atoms with Crippen LogP contribution in [0.4, 0.5) is 5.69 Å². The number of oxazole rings is 1. The third-order valence-corrected chi connectivity index (χ3v) is 7.95. The molecule has 4 rings (SSSR count). The first-order valence-electron chi connectivity index (χ1n) is 10.7. The molecule has 0 spiro atoms. The van der Waals surface area contributed by atoms with Gasteiger partial charge in [-0.1, -0.05) is 31.5 Å². The second kappa shape index (κ2) is 8.96. The fourth-order valence-corrected chi connectivity index (χ4v) is 6.34. The molecule has 2 heterocycles. The maximum atomic E-state index is 13.2. The highest BCUT2D eigenvalue weighted by molar-refractivity contribution is 7.89. The standard InChI is InChI=1S/C23H26ClN3O5S/c1-14-4-6-19(18(24)9-14)25-22(28)13-27-20-7-5-17(10-21(20)32-23(27)29)33(30,31)26-11-15(2)8-16(3)12-26/h4-7,9-10,15-16H,8,11-13H2,1-3H3,(H,25,28)/t15-,16-/m0/s1. The van der Waals surface area contributed by atoms with Gasteiger partial charge in [-0.2, -0.15) is 4.31 Å². The van der Waals surface area contributed by atoms with Crippen molar-refractivity contribution in [3.05, 3.63) is 57.5 Å². The zero-order chi connectivity index (χ0) is 23.9. The molecule has 1 fully saturated rings. The first-order chi connectivity index (χ1) is 15.5. The Kier molecular flexibility index (Phi) is 6.39. The van der Waals surface area contributed by atoms with Crippen molar-refractivity contribution >= 4 is 44.3 Å². The normalized spacial score (nSPS) is 19.6. The molecule has 1 N–H and O–H groups in total. The predicted octanol–water partition coefficient (Wildman–Crippen LogP) is 3.86. The fourth-order valence-electron chi connectivity index (χ4n) is 4.36. The van der Waals surface area contributed by atoms with Gasteiger partial charge >= 0.3 is 5.76 Å². The second-order valence-corrected chi connectivity index (χ2v) is 11.2. The van der Waals surface area contributed by atoms with Gasteiger partial charge in [0.1, 0.15) is 6.54 Å². The highest BCUT2D eigenvalue weighted by Crippen LogP contribution is 2.28. The largest absolute Gasteiger partial charge is 0.420 e. The third kappa shape index (κ3) is 4.85. The summed E-state index contributed by atoms with van der Waals surface area (Å²) in [6.45, 7) is 6.57. The summed E-state index contributed by atoms with van der Waals surface area (Å²) < 4.78 is 34.3. The van der Waals surface area contributed by atoms with Crippen LogP contribution in [0.1, 0.15) is 25.8 Å². The predicted molar refractivity (Wildman–Crippen MR) is 127 cm³/mol. The van der Waals surface area contributed by atoms with E-state index in [1.807, 2.05) is 26.8 Å². The van der Waals surface area contributed by atoms with Gasteiger partial charge in [0.05, 0.1) is 21.1 Å². The number of fused-ring (bicyclic) bond motifs is 1. The molecule has 0 bridgehead atoms. The minimum absolute atomic E-state index is 0.0630. The maximum Gasteiger partial charge on any atom is 0.420 e. The Morgan fingerprint density at radius 2 is 1.85 bits per heavy atom. The highest BCUT2D eigenvalue weighted by Gasteiger charge is 2.32. The van der Waals surface area contributed by atoms with Crippen molar-refractivity contribution in [2.75, 3.05) is 18.4 Å². The lowest BCUT2D eigenvalue weighted by atomic mass is 9.94. The number of sulfonamides is 1. The molecule has 33 heavy (non-hydrogen) atoms. The number of piperidine rings is 1. The molecule has 1 aliphatic heterocycles. The van der Waals surface area contributed by atoms with E-state index in [1.54, 1.807) is 12.1 Å². The number of carbonyl (C=O) groups excluding carboxylic acids is 1. The molecular weight excluding hydrogens is 466 g/mol. The van der Waals surface area contributed by atoms with Gasteiger partial charge in [0.2, 0.25) is 15.9 Å². The molecule has 0 unspecified atom stereocenters. The summed E-state index contributed by atoms with van der Waals surface area (Å²) in [6.07, 6.45) is 0.985. The van der Waals surface area contributed by atoms with Gasteiger partial charge in [0, 0.05) is 19.2 Å². The minimum atomic E-state index is -3.73. The van der Waals surface area contributed by atoms with Crippen LogP contribution in [0.3, 0.4) is 0 Å². The van der Waals surface area contributed by atoms with Gasteiger partial charge in [-0.25, -0.2) is 13.2 Å². The lowest BCUT2D eigenvalue weighted by Gasteiger charge is -2.34. The number of hydrogen-bond donors (Lipinski definition) is 1. The number of nitrogens with one attached hydrogen (secondary N) is 1. The van der Waals surface area contributed by atoms with Gasteiger partial charge in [-0.05, 0) is 55.0 Å². The van der Waals surface area contributed by atoms with E-state index in [1.165, 1.54) is 22.5 Å². The van der Waals surface area contributed by atoms with Crippen LogP contribution in [-0.2, 0) is 21.4 Å². The Morgan fingerprint density at radius 3 is 2.52 bits per heavy atom. The van der Waals surface area contributed by atoms with Crippen LogP contribution in [0.25, 0.3) is 11.1 Å². The van der Waals surface area contributed by atoms with Crippen LogP contribution in [0.15, 0.2) is 50.5 Å². The summed E-state index contributed by atoms with van der Waals surface area (Å²) in [4.78, 5) is 25.0.